The van der Waals surface area contributed by atoms with E-state index in [0.717, 1.165) is 11.1 Å². The van der Waals surface area contributed by atoms with E-state index in [0.29, 0.717) is 56.3 Å². The van der Waals surface area contributed by atoms with Crippen LogP contribution < -0.4 is 29.2 Å². The maximum Gasteiger partial charge on any atom is 0.355 e. The summed E-state index contributed by atoms with van der Waals surface area (Å²) >= 11 is 0. The summed E-state index contributed by atoms with van der Waals surface area (Å²) in [4.78, 5) is 27.8. The van der Waals surface area contributed by atoms with Crippen molar-refractivity contribution < 1.29 is 33.2 Å². The monoisotopic (exact) mass is 533 g/mol. The first kappa shape index (κ1) is 27.4. The summed E-state index contributed by atoms with van der Waals surface area (Å²) in [6.07, 6.45) is 0. The summed E-state index contributed by atoms with van der Waals surface area (Å²) in [5.41, 5.74) is 2.89. The number of benzene rings is 3. The third-order valence-electron chi connectivity index (χ3n) is 6.84. The second-order valence-corrected chi connectivity index (χ2v) is 8.74. The number of methoxy groups -OCH3 is 6. The predicted octanol–water partition coefficient (Wildman–Crippen LogP) is 5.10. The number of rotatable bonds is 8. The number of nitrogens with zero attached hydrogens (tertiary/aromatic N) is 1. The van der Waals surface area contributed by atoms with E-state index in [4.69, 9.17) is 28.4 Å². The highest BCUT2D eigenvalue weighted by Crippen LogP contribution is 2.45. The van der Waals surface area contributed by atoms with Crippen molar-refractivity contribution in [3.63, 3.8) is 0 Å². The van der Waals surface area contributed by atoms with Gasteiger partial charge < -0.3 is 28.4 Å². The molecule has 204 valence electrons. The number of aryl methyl sites for hydroxylation is 1. The Labute approximate surface area is 226 Å². The van der Waals surface area contributed by atoms with Crippen LogP contribution in [0.25, 0.3) is 27.6 Å². The van der Waals surface area contributed by atoms with Crippen molar-refractivity contribution in [2.75, 3.05) is 42.7 Å². The summed E-state index contributed by atoms with van der Waals surface area (Å²) in [7, 11) is 8.79. The number of carbonyl (C=O) groups excluding carboxylic acids is 1. The average molecular weight is 534 g/mol. The number of carbonyl (C=O) groups is 1. The van der Waals surface area contributed by atoms with Crippen molar-refractivity contribution in [3.05, 3.63) is 69.6 Å². The van der Waals surface area contributed by atoms with Crippen LogP contribution in [-0.4, -0.2) is 53.2 Å². The van der Waals surface area contributed by atoms with E-state index in [2.05, 4.69) is 0 Å². The maximum absolute atomic E-state index is 14.2. The van der Waals surface area contributed by atoms with Crippen LogP contribution in [0.2, 0.25) is 0 Å². The topological polar surface area (TPSA) is 94.5 Å². The molecule has 0 spiro atoms. The fourth-order valence-corrected chi connectivity index (χ4v) is 4.74. The van der Waals surface area contributed by atoms with Crippen molar-refractivity contribution >= 4 is 16.7 Å². The first-order chi connectivity index (χ1) is 18.8. The van der Waals surface area contributed by atoms with Gasteiger partial charge in [0.15, 0.2) is 23.0 Å². The first-order valence-corrected chi connectivity index (χ1v) is 12.1. The molecule has 3 aromatic carbocycles. The lowest BCUT2D eigenvalue weighted by Crippen LogP contribution is -2.27. The number of hydrogen-bond donors (Lipinski definition) is 0. The summed E-state index contributed by atoms with van der Waals surface area (Å²) in [5, 5.41) is 0.763. The number of aromatic nitrogens is 1. The zero-order valence-electron chi connectivity index (χ0n) is 23.3. The molecule has 9 nitrogen and oxygen atoms in total. The summed E-state index contributed by atoms with van der Waals surface area (Å²) in [5.74, 6) is 1.19. The molecule has 0 aliphatic heterocycles. The first-order valence-electron chi connectivity index (χ1n) is 12.1. The Balaban J connectivity index is 2.34. The van der Waals surface area contributed by atoms with Crippen molar-refractivity contribution in [1.29, 1.82) is 0 Å². The van der Waals surface area contributed by atoms with Crippen molar-refractivity contribution in [3.8, 4) is 45.6 Å². The molecular formula is C30H31NO8. The molecule has 1 heterocycles. The van der Waals surface area contributed by atoms with Crippen LogP contribution >= 0.6 is 0 Å². The Morgan fingerprint density at radius 2 is 1.28 bits per heavy atom. The molecule has 0 fully saturated rings. The van der Waals surface area contributed by atoms with Crippen LogP contribution in [0.4, 0.5) is 0 Å². The molecule has 39 heavy (non-hydrogen) atoms. The predicted molar refractivity (Wildman–Crippen MR) is 149 cm³/mol. The van der Waals surface area contributed by atoms with Gasteiger partial charge in [0.2, 0.25) is 5.75 Å². The van der Waals surface area contributed by atoms with E-state index >= 15 is 0 Å². The standard InChI is InChI=1S/C30H31NO8/c1-16-10-9-11-21(17(16)2)31-27(30(33)39-8)26(18-12-24(36-5)28(38-7)25(13-18)37-6)19-14-22(34-3)23(35-4)15-20(19)29(31)32/h9-15H,1-8H3. The van der Waals surface area contributed by atoms with Crippen LogP contribution in [0.5, 0.6) is 28.7 Å². The summed E-state index contributed by atoms with van der Waals surface area (Å²) in [6.45, 7) is 3.84. The summed E-state index contributed by atoms with van der Waals surface area (Å²) < 4.78 is 34.4. The molecule has 0 bridgehead atoms. The van der Waals surface area contributed by atoms with Crippen LogP contribution in [0, 0.1) is 13.8 Å². The number of hydrogen-bond acceptors (Lipinski definition) is 8. The van der Waals surface area contributed by atoms with Crippen LogP contribution in [0.3, 0.4) is 0 Å². The molecule has 4 rings (SSSR count). The average Bonchev–Trinajstić information content (AvgIpc) is 2.96. The van der Waals surface area contributed by atoms with E-state index in [1.807, 2.05) is 26.0 Å². The van der Waals surface area contributed by atoms with Gasteiger partial charge in [-0.25, -0.2) is 4.79 Å². The number of ether oxygens (including phenoxy) is 6. The Morgan fingerprint density at radius 1 is 0.718 bits per heavy atom. The molecule has 0 aliphatic carbocycles. The van der Waals surface area contributed by atoms with E-state index in [1.54, 1.807) is 30.3 Å². The molecule has 9 heteroatoms. The van der Waals surface area contributed by atoms with Gasteiger partial charge in [-0.05, 0) is 60.9 Å². The van der Waals surface area contributed by atoms with Gasteiger partial charge in [0.05, 0.1) is 53.7 Å². The molecule has 0 atom stereocenters. The van der Waals surface area contributed by atoms with E-state index in [9.17, 15) is 9.59 Å². The van der Waals surface area contributed by atoms with Crippen LogP contribution in [0.1, 0.15) is 21.6 Å². The smallest absolute Gasteiger partial charge is 0.355 e. The lowest BCUT2D eigenvalue weighted by Gasteiger charge is -2.22. The largest absolute Gasteiger partial charge is 0.493 e. The molecule has 0 aliphatic rings. The van der Waals surface area contributed by atoms with Gasteiger partial charge in [-0.3, -0.25) is 9.36 Å². The molecule has 0 N–H and O–H groups in total. The SMILES string of the molecule is COC(=O)c1c(-c2cc(OC)c(OC)c(OC)c2)c2cc(OC)c(OC)cc2c(=O)n1-c1cccc(C)c1C. The molecule has 0 amide bonds. The summed E-state index contributed by atoms with van der Waals surface area (Å²) in [6, 6.07) is 12.3. The minimum absolute atomic E-state index is 0.0326. The molecule has 0 saturated heterocycles. The van der Waals surface area contributed by atoms with Gasteiger partial charge in [-0.1, -0.05) is 12.1 Å². The van der Waals surface area contributed by atoms with Crippen molar-refractivity contribution in [1.82, 2.24) is 4.57 Å². The fraction of sp³-hybridized carbons (Fsp3) is 0.267. The van der Waals surface area contributed by atoms with Gasteiger partial charge in [-0.2, -0.15) is 0 Å². The van der Waals surface area contributed by atoms with Gasteiger partial charge in [0.25, 0.3) is 5.56 Å². The van der Waals surface area contributed by atoms with Crippen molar-refractivity contribution in [2.24, 2.45) is 0 Å². The highest BCUT2D eigenvalue weighted by atomic mass is 16.5. The van der Waals surface area contributed by atoms with Gasteiger partial charge in [0.1, 0.15) is 5.69 Å². The fourth-order valence-electron chi connectivity index (χ4n) is 4.74. The van der Waals surface area contributed by atoms with Crippen LogP contribution in [-0.2, 0) is 4.74 Å². The lowest BCUT2D eigenvalue weighted by molar-refractivity contribution is 0.0591. The highest BCUT2D eigenvalue weighted by molar-refractivity contribution is 6.08. The molecule has 1 aromatic heterocycles. The minimum atomic E-state index is -0.701. The van der Waals surface area contributed by atoms with E-state index in [1.165, 1.54) is 47.2 Å². The second-order valence-electron chi connectivity index (χ2n) is 8.74. The maximum atomic E-state index is 14.2. The Morgan fingerprint density at radius 3 is 1.79 bits per heavy atom. The molecule has 4 aromatic rings. The third-order valence-corrected chi connectivity index (χ3v) is 6.84. The zero-order chi connectivity index (χ0) is 28.4. The third kappa shape index (κ3) is 4.50. The number of esters is 1. The highest BCUT2D eigenvalue weighted by Gasteiger charge is 2.28. The Bertz CT molecular complexity index is 1610. The molecule has 0 saturated carbocycles. The number of fused-ring (bicyclic) bond motifs is 1. The Hall–Kier alpha value is -4.66. The number of pyridine rings is 1. The lowest BCUT2D eigenvalue weighted by atomic mass is 9.94. The molecule has 0 radical (unpaired) electrons. The van der Waals surface area contributed by atoms with Gasteiger partial charge in [-0.15, -0.1) is 0 Å². The van der Waals surface area contributed by atoms with Gasteiger partial charge >= 0.3 is 5.97 Å². The minimum Gasteiger partial charge on any atom is -0.493 e. The zero-order valence-corrected chi connectivity index (χ0v) is 23.3. The second kappa shape index (κ2) is 11.0. The quantitative estimate of drug-likeness (QED) is 0.289. The van der Waals surface area contributed by atoms with Gasteiger partial charge in [0, 0.05) is 10.9 Å². The van der Waals surface area contributed by atoms with Crippen LogP contribution in [0.15, 0.2) is 47.3 Å². The van der Waals surface area contributed by atoms with Crippen molar-refractivity contribution in [2.45, 2.75) is 13.8 Å². The van der Waals surface area contributed by atoms with E-state index in [-0.39, 0.29) is 5.69 Å². The normalized spacial score (nSPS) is 10.8. The molecular weight excluding hydrogens is 502 g/mol. The Kier molecular flexibility index (Phi) is 7.71. The molecule has 0 unspecified atom stereocenters. The van der Waals surface area contributed by atoms with E-state index < -0.39 is 11.5 Å².